The molecular weight excluding hydrogens is 118 g/mol. The topological polar surface area (TPSA) is 73.6 Å². The van der Waals surface area contributed by atoms with Crippen LogP contribution in [0, 0.1) is 22.7 Å². The molecule has 0 aliphatic rings. The van der Waals surface area contributed by atoms with E-state index in [-0.39, 0.29) is 11.6 Å². The number of aromatic nitrogens is 1. The van der Waals surface area contributed by atoms with E-state index in [1.165, 1.54) is 0 Å². The van der Waals surface area contributed by atoms with Crippen LogP contribution in [0.4, 0.5) is 0 Å². The summed E-state index contributed by atoms with van der Waals surface area (Å²) in [4.78, 5) is 3.46. The highest BCUT2D eigenvalue weighted by molar-refractivity contribution is 5.18. The summed E-state index contributed by atoms with van der Waals surface area (Å²) in [5.74, 6) is -0.0773. The van der Waals surface area contributed by atoms with Crippen molar-refractivity contribution in [3.05, 3.63) is 17.8 Å². The number of hydrogen-bond donors (Lipinski definition) is 0. The largest absolute Gasteiger partial charge is 0.436 e. The third kappa shape index (κ3) is 0.868. The molecule has 0 aromatic carbocycles. The smallest absolute Gasteiger partial charge is 0.301 e. The van der Waals surface area contributed by atoms with Gasteiger partial charge in [-0.3, -0.25) is 0 Å². The highest BCUT2D eigenvalue weighted by atomic mass is 16.3. The second kappa shape index (κ2) is 1.97. The summed E-state index contributed by atoms with van der Waals surface area (Å²) in [6.07, 6.45) is 1.14. The fourth-order valence-corrected chi connectivity index (χ4v) is 0.376. The second-order valence-electron chi connectivity index (χ2n) is 1.26. The first-order valence-electron chi connectivity index (χ1n) is 2.12. The summed E-state index contributed by atoms with van der Waals surface area (Å²) in [6.45, 7) is 0. The summed E-state index contributed by atoms with van der Waals surface area (Å²) >= 11 is 0. The molecule has 1 rings (SSSR count). The molecule has 0 saturated heterocycles. The summed E-state index contributed by atoms with van der Waals surface area (Å²) in [5, 5.41) is 16.3. The van der Waals surface area contributed by atoms with Crippen LogP contribution in [-0.4, -0.2) is 4.98 Å². The molecule has 0 bridgehead atoms. The van der Waals surface area contributed by atoms with Gasteiger partial charge in [-0.25, -0.2) is 0 Å². The number of rotatable bonds is 0. The van der Waals surface area contributed by atoms with Gasteiger partial charge >= 0.3 is 5.89 Å². The molecule has 0 atom stereocenters. The van der Waals surface area contributed by atoms with Crippen molar-refractivity contribution in [2.24, 2.45) is 0 Å². The maximum atomic E-state index is 8.16. The van der Waals surface area contributed by atoms with Gasteiger partial charge in [-0.2, -0.15) is 15.5 Å². The van der Waals surface area contributed by atoms with Crippen molar-refractivity contribution in [3.63, 3.8) is 0 Å². The first-order chi connectivity index (χ1) is 4.36. The van der Waals surface area contributed by atoms with E-state index in [0.29, 0.717) is 0 Å². The fraction of sp³-hybridized carbons (Fsp3) is 0. The van der Waals surface area contributed by atoms with Gasteiger partial charge in [-0.15, -0.1) is 0 Å². The highest BCUT2D eigenvalue weighted by Gasteiger charge is 1.98. The van der Waals surface area contributed by atoms with Crippen LogP contribution < -0.4 is 0 Å². The van der Waals surface area contributed by atoms with E-state index >= 15 is 0 Å². The predicted molar refractivity (Wildman–Crippen MR) is 25.9 cm³/mol. The Bertz CT molecular complexity index is 259. The van der Waals surface area contributed by atoms with Crippen molar-refractivity contribution in [1.29, 1.82) is 10.5 Å². The zero-order valence-corrected chi connectivity index (χ0v) is 4.33. The Hall–Kier alpha value is -1.81. The van der Waals surface area contributed by atoms with E-state index in [4.69, 9.17) is 10.5 Å². The Morgan fingerprint density at radius 3 is 2.56 bits per heavy atom. The SMILES string of the molecule is N#Cc1coc(C#N)n1. The Kier molecular flexibility index (Phi) is 1.17. The van der Waals surface area contributed by atoms with Gasteiger partial charge in [-0.05, 0) is 0 Å². The van der Waals surface area contributed by atoms with Crippen LogP contribution in [0.15, 0.2) is 10.7 Å². The van der Waals surface area contributed by atoms with Gasteiger partial charge < -0.3 is 4.42 Å². The molecule has 0 saturated carbocycles. The molecule has 4 heteroatoms. The average Bonchev–Trinajstić information content (AvgIpc) is 2.34. The Morgan fingerprint density at radius 1 is 1.44 bits per heavy atom. The zero-order chi connectivity index (χ0) is 6.69. The zero-order valence-electron chi connectivity index (χ0n) is 4.33. The molecule has 0 N–H and O–H groups in total. The lowest BCUT2D eigenvalue weighted by molar-refractivity contribution is 0.541. The number of hydrogen-bond acceptors (Lipinski definition) is 4. The molecule has 0 amide bonds. The minimum Gasteiger partial charge on any atom is -0.436 e. The van der Waals surface area contributed by atoms with Crippen molar-refractivity contribution >= 4 is 0 Å². The van der Waals surface area contributed by atoms with E-state index in [2.05, 4.69) is 9.40 Å². The van der Waals surface area contributed by atoms with E-state index < -0.39 is 0 Å². The van der Waals surface area contributed by atoms with Crippen LogP contribution >= 0.6 is 0 Å². The standard InChI is InChI=1S/C5HN3O/c6-1-4-3-9-5(2-7)8-4/h3H. The van der Waals surface area contributed by atoms with E-state index in [1.807, 2.05) is 0 Å². The predicted octanol–water partition coefficient (Wildman–Crippen LogP) is 0.418. The van der Waals surface area contributed by atoms with Gasteiger partial charge in [0.05, 0.1) is 0 Å². The molecule has 0 radical (unpaired) electrons. The van der Waals surface area contributed by atoms with Gasteiger partial charge in [0.1, 0.15) is 12.3 Å². The van der Waals surface area contributed by atoms with Crippen molar-refractivity contribution in [3.8, 4) is 12.1 Å². The highest BCUT2D eigenvalue weighted by Crippen LogP contribution is 1.96. The molecule has 42 valence electrons. The van der Waals surface area contributed by atoms with Gasteiger partial charge in [0.15, 0.2) is 11.8 Å². The van der Waals surface area contributed by atoms with Crippen molar-refractivity contribution in [2.75, 3.05) is 0 Å². The van der Waals surface area contributed by atoms with Gasteiger partial charge in [-0.1, -0.05) is 0 Å². The van der Waals surface area contributed by atoms with Crippen LogP contribution in [0.2, 0.25) is 0 Å². The third-order valence-corrected chi connectivity index (χ3v) is 0.714. The van der Waals surface area contributed by atoms with Crippen molar-refractivity contribution in [1.82, 2.24) is 4.98 Å². The fourth-order valence-electron chi connectivity index (χ4n) is 0.376. The summed E-state index contributed by atoms with van der Waals surface area (Å²) in [7, 11) is 0. The monoisotopic (exact) mass is 119 g/mol. The Morgan fingerprint density at radius 2 is 2.22 bits per heavy atom. The van der Waals surface area contributed by atoms with E-state index in [0.717, 1.165) is 6.26 Å². The lowest BCUT2D eigenvalue weighted by Gasteiger charge is -1.64. The lowest BCUT2D eigenvalue weighted by atomic mass is 10.6. The number of oxazole rings is 1. The van der Waals surface area contributed by atoms with Crippen molar-refractivity contribution in [2.45, 2.75) is 0 Å². The Balaban J connectivity index is 3.08. The molecule has 0 aliphatic carbocycles. The van der Waals surface area contributed by atoms with Crippen LogP contribution in [0.5, 0.6) is 0 Å². The second-order valence-corrected chi connectivity index (χ2v) is 1.26. The summed E-state index contributed by atoms with van der Waals surface area (Å²) < 4.78 is 4.51. The van der Waals surface area contributed by atoms with E-state index in [9.17, 15) is 0 Å². The Labute approximate surface area is 51.0 Å². The van der Waals surface area contributed by atoms with Gasteiger partial charge in [0, 0.05) is 0 Å². The van der Waals surface area contributed by atoms with Crippen molar-refractivity contribution < 1.29 is 4.42 Å². The number of nitrogens with zero attached hydrogens (tertiary/aromatic N) is 3. The molecule has 1 aromatic heterocycles. The molecule has 1 heterocycles. The molecule has 0 fully saturated rings. The molecule has 1 aromatic rings. The summed E-state index contributed by atoms with van der Waals surface area (Å²) in [5.41, 5.74) is 0.131. The average molecular weight is 119 g/mol. The first kappa shape index (κ1) is 5.33. The summed E-state index contributed by atoms with van der Waals surface area (Å²) in [6, 6.07) is 3.38. The van der Waals surface area contributed by atoms with Gasteiger partial charge in [0.2, 0.25) is 0 Å². The van der Waals surface area contributed by atoms with Crippen LogP contribution in [0.3, 0.4) is 0 Å². The quantitative estimate of drug-likeness (QED) is 0.496. The molecule has 0 aliphatic heterocycles. The maximum absolute atomic E-state index is 8.16. The molecule has 0 unspecified atom stereocenters. The van der Waals surface area contributed by atoms with Gasteiger partial charge in [0.25, 0.3) is 0 Å². The first-order valence-corrected chi connectivity index (χ1v) is 2.12. The van der Waals surface area contributed by atoms with Crippen LogP contribution in [0.1, 0.15) is 11.6 Å². The third-order valence-electron chi connectivity index (χ3n) is 0.714. The lowest BCUT2D eigenvalue weighted by Crippen LogP contribution is -1.72. The minimum atomic E-state index is -0.0773. The minimum absolute atomic E-state index is 0.0773. The van der Waals surface area contributed by atoms with Crippen LogP contribution in [-0.2, 0) is 0 Å². The number of nitriles is 2. The molecular formula is C5HN3O. The maximum Gasteiger partial charge on any atom is 0.301 e. The normalized spacial score (nSPS) is 7.78. The molecule has 9 heavy (non-hydrogen) atoms. The van der Waals surface area contributed by atoms with E-state index in [1.54, 1.807) is 12.1 Å². The van der Waals surface area contributed by atoms with Crippen LogP contribution in [0.25, 0.3) is 0 Å². The molecule has 4 nitrogen and oxygen atoms in total. The molecule has 0 spiro atoms.